The van der Waals surface area contributed by atoms with Crippen molar-refractivity contribution in [1.29, 1.82) is 0 Å². The van der Waals surface area contributed by atoms with Gasteiger partial charge in [-0.05, 0) is 103 Å². The Hall–Kier alpha value is -6.84. The van der Waals surface area contributed by atoms with Crippen molar-refractivity contribution >= 4 is 28.7 Å². The second-order valence-corrected chi connectivity index (χ2v) is 17.5. The molecule has 5 aromatic carbocycles. The number of aliphatic hydroxyl groups is 2. The van der Waals surface area contributed by atoms with Gasteiger partial charge >= 0.3 is 5.97 Å². The molecule has 67 heavy (non-hydrogen) atoms. The highest BCUT2D eigenvalue weighted by molar-refractivity contribution is 5.94. The monoisotopic (exact) mass is 907 g/mol. The lowest BCUT2D eigenvalue weighted by atomic mass is 9.86. The summed E-state index contributed by atoms with van der Waals surface area (Å²) < 4.78 is 11.8. The van der Waals surface area contributed by atoms with Crippen molar-refractivity contribution in [1.82, 2.24) is 25.4 Å². The molecule has 3 heterocycles. The number of nitrogens with one attached hydrogen (secondary N) is 3. The smallest absolute Gasteiger partial charge is 0.347 e. The third-order valence-electron chi connectivity index (χ3n) is 12.7. The lowest BCUT2D eigenvalue weighted by Gasteiger charge is -2.33. The van der Waals surface area contributed by atoms with Crippen LogP contribution < -0.4 is 20.9 Å². The molecule has 6 aromatic rings. The van der Waals surface area contributed by atoms with E-state index in [0.717, 1.165) is 38.0 Å². The van der Waals surface area contributed by atoms with Crippen molar-refractivity contribution in [3.05, 3.63) is 177 Å². The first-order valence-electron chi connectivity index (χ1n) is 22.9. The number of phenols is 1. The molecule has 0 unspecified atom stereocenters. The molecule has 14 nitrogen and oxygen atoms in total. The van der Waals surface area contributed by atoms with Gasteiger partial charge in [-0.2, -0.15) is 0 Å². The predicted octanol–water partition coefficient (Wildman–Crippen LogP) is 5.55. The van der Waals surface area contributed by atoms with Gasteiger partial charge in [0.25, 0.3) is 11.8 Å². The molecule has 0 saturated carbocycles. The Morgan fingerprint density at radius 1 is 0.806 bits per heavy atom. The van der Waals surface area contributed by atoms with Gasteiger partial charge in [-0.15, -0.1) is 0 Å². The summed E-state index contributed by atoms with van der Waals surface area (Å²) in [5.74, 6) is -0.903. The maximum atomic E-state index is 13.9. The number of esters is 1. The summed E-state index contributed by atoms with van der Waals surface area (Å²) in [7, 11) is 0. The standard InChI is InChI=1S/C53H57N5O9/c59-46-22-20-44(45-21-23-48(61)56-50(45)46)47(60)31-54-30-36-16-18-39(19-17-36)51(63)58-26-8-14-42(33-58)55-49(62)35-66-43-15-7-13-41(29-43)53(65,40-11-5-2-6-12-40)52(64)67-34-38-24-27-57(28-25-38)32-37-9-3-1-4-10-37/h1-7,9-13,15-23,29,38,42,47,54,59-60,65H,8,14,24-28,30-35H2,(H,55,62)(H,56,61)/t42-,47+,53+/m1/s1. The van der Waals surface area contributed by atoms with E-state index >= 15 is 0 Å². The van der Waals surface area contributed by atoms with Gasteiger partial charge in [0, 0.05) is 61.3 Å². The van der Waals surface area contributed by atoms with E-state index in [1.54, 1.807) is 77.7 Å². The first-order chi connectivity index (χ1) is 32.5. The number of piperidine rings is 2. The summed E-state index contributed by atoms with van der Waals surface area (Å²) in [4.78, 5) is 59.2. The topological polar surface area (TPSA) is 194 Å². The summed E-state index contributed by atoms with van der Waals surface area (Å²) in [6.45, 7) is 4.07. The number of likely N-dealkylation sites (tertiary alicyclic amines) is 2. The van der Waals surface area contributed by atoms with E-state index in [0.29, 0.717) is 60.3 Å². The largest absolute Gasteiger partial charge is 0.506 e. The molecular weight excluding hydrogens is 851 g/mol. The number of nitrogens with zero attached hydrogens (tertiary/aromatic N) is 2. The number of hydrogen-bond donors (Lipinski definition) is 6. The van der Waals surface area contributed by atoms with E-state index in [1.807, 2.05) is 36.4 Å². The molecule has 348 valence electrons. The Kier molecular flexibility index (Phi) is 15.1. The Balaban J connectivity index is 0.805. The van der Waals surface area contributed by atoms with Crippen molar-refractivity contribution < 1.29 is 39.2 Å². The third-order valence-corrected chi connectivity index (χ3v) is 12.7. The molecule has 0 aliphatic carbocycles. The van der Waals surface area contributed by atoms with Crippen molar-refractivity contribution in [2.75, 3.05) is 45.9 Å². The Morgan fingerprint density at radius 2 is 1.54 bits per heavy atom. The second-order valence-electron chi connectivity index (χ2n) is 17.5. The van der Waals surface area contributed by atoms with E-state index < -0.39 is 17.7 Å². The maximum absolute atomic E-state index is 13.9. The summed E-state index contributed by atoms with van der Waals surface area (Å²) >= 11 is 0. The summed E-state index contributed by atoms with van der Waals surface area (Å²) in [5.41, 5.74) is 1.67. The van der Waals surface area contributed by atoms with Crippen molar-refractivity contribution in [3.8, 4) is 11.5 Å². The van der Waals surface area contributed by atoms with Crippen molar-refractivity contribution in [3.63, 3.8) is 0 Å². The van der Waals surface area contributed by atoms with Gasteiger partial charge in [-0.3, -0.25) is 19.3 Å². The highest BCUT2D eigenvalue weighted by Gasteiger charge is 2.42. The van der Waals surface area contributed by atoms with Crippen LogP contribution in [0, 0.1) is 5.92 Å². The molecule has 8 rings (SSSR count). The van der Waals surface area contributed by atoms with Crippen molar-refractivity contribution in [2.24, 2.45) is 5.92 Å². The number of aromatic amines is 1. The molecule has 2 aliphatic heterocycles. The van der Waals surface area contributed by atoms with Crippen molar-refractivity contribution in [2.45, 2.75) is 56.5 Å². The van der Waals surface area contributed by atoms with E-state index in [9.17, 15) is 34.5 Å². The van der Waals surface area contributed by atoms with Gasteiger partial charge in [0.15, 0.2) is 6.61 Å². The van der Waals surface area contributed by atoms with Crippen LogP contribution >= 0.6 is 0 Å². The van der Waals surface area contributed by atoms with E-state index in [2.05, 4.69) is 32.7 Å². The van der Waals surface area contributed by atoms with Crippen LogP contribution in [-0.2, 0) is 33.0 Å². The molecule has 0 spiro atoms. The van der Waals surface area contributed by atoms with Crippen LogP contribution in [-0.4, -0.2) is 99.9 Å². The van der Waals surface area contributed by atoms with Crippen LogP contribution in [0.2, 0.25) is 0 Å². The zero-order valence-electron chi connectivity index (χ0n) is 37.3. The van der Waals surface area contributed by atoms with Gasteiger partial charge in [0.1, 0.15) is 11.5 Å². The number of amides is 2. The summed E-state index contributed by atoms with van der Waals surface area (Å²) in [5, 5.41) is 40.0. The summed E-state index contributed by atoms with van der Waals surface area (Å²) in [6, 6.07) is 38.5. The number of rotatable bonds is 17. The van der Waals surface area contributed by atoms with Gasteiger partial charge in [-0.1, -0.05) is 91.0 Å². The van der Waals surface area contributed by atoms with Crippen LogP contribution in [0.25, 0.3) is 10.9 Å². The average molecular weight is 908 g/mol. The Morgan fingerprint density at radius 3 is 2.30 bits per heavy atom. The van der Waals surface area contributed by atoms with Gasteiger partial charge in [0.2, 0.25) is 11.2 Å². The molecule has 14 heteroatoms. The number of aromatic nitrogens is 1. The minimum absolute atomic E-state index is 0.0747. The van der Waals surface area contributed by atoms with E-state index in [-0.39, 0.29) is 65.9 Å². The number of aromatic hydroxyl groups is 1. The van der Waals surface area contributed by atoms with E-state index in [4.69, 9.17) is 9.47 Å². The molecule has 6 N–H and O–H groups in total. The van der Waals surface area contributed by atoms with Gasteiger partial charge in [0.05, 0.1) is 18.2 Å². The number of benzene rings is 5. The zero-order chi connectivity index (χ0) is 46.8. The van der Waals surface area contributed by atoms with E-state index in [1.165, 1.54) is 17.7 Å². The second kappa shape index (κ2) is 21.6. The number of aliphatic hydroxyl groups excluding tert-OH is 1. The molecule has 2 saturated heterocycles. The summed E-state index contributed by atoms with van der Waals surface area (Å²) in [6.07, 6.45) is 2.25. The van der Waals surface area contributed by atoms with Gasteiger partial charge < -0.3 is 45.3 Å². The number of H-pyrrole nitrogens is 1. The number of pyridine rings is 1. The average Bonchev–Trinajstić information content (AvgIpc) is 3.36. The number of ether oxygens (including phenoxy) is 2. The maximum Gasteiger partial charge on any atom is 0.347 e. The minimum Gasteiger partial charge on any atom is -0.506 e. The van der Waals surface area contributed by atoms with Crippen LogP contribution in [0.3, 0.4) is 0 Å². The molecule has 2 aliphatic rings. The lowest BCUT2D eigenvalue weighted by molar-refractivity contribution is -0.164. The van der Waals surface area contributed by atoms with Gasteiger partial charge in [-0.25, -0.2) is 4.79 Å². The number of phenolic OH excluding ortho intramolecular Hbond substituents is 1. The number of carbonyl (C=O) groups excluding carboxylic acids is 3. The Labute approximate surface area is 389 Å². The quantitative estimate of drug-likeness (QED) is 0.0629. The lowest BCUT2D eigenvalue weighted by Crippen LogP contribution is -2.50. The fourth-order valence-corrected chi connectivity index (χ4v) is 9.00. The molecule has 2 fully saturated rings. The fourth-order valence-electron chi connectivity index (χ4n) is 9.00. The predicted molar refractivity (Wildman–Crippen MR) is 253 cm³/mol. The highest BCUT2D eigenvalue weighted by atomic mass is 16.5. The zero-order valence-corrected chi connectivity index (χ0v) is 37.3. The number of fused-ring (bicyclic) bond motifs is 1. The number of carbonyl (C=O) groups is 3. The fraction of sp³-hybridized carbons (Fsp3) is 0.321. The van der Waals surface area contributed by atoms with Crippen LogP contribution in [0.15, 0.2) is 138 Å². The van der Waals surface area contributed by atoms with Crippen LogP contribution in [0.5, 0.6) is 11.5 Å². The normalized spacial score (nSPS) is 17.0. The first kappa shape index (κ1) is 46.7. The molecular formula is C53H57N5O9. The molecule has 1 aromatic heterocycles. The molecule has 2 amide bonds. The van der Waals surface area contributed by atoms with Crippen LogP contribution in [0.1, 0.15) is 70.0 Å². The Bertz CT molecular complexity index is 2690. The minimum atomic E-state index is -2.12. The third kappa shape index (κ3) is 11.6. The van der Waals surface area contributed by atoms with Crippen LogP contribution in [0.4, 0.5) is 0 Å². The number of hydrogen-bond acceptors (Lipinski definition) is 11. The first-order valence-corrected chi connectivity index (χ1v) is 22.9. The molecule has 0 radical (unpaired) electrons. The highest BCUT2D eigenvalue weighted by Crippen LogP contribution is 2.34. The molecule has 3 atom stereocenters. The SMILES string of the molecule is O=C(COc1cccc([C@](O)(C(=O)OCC2CCN(Cc3ccccc3)CC2)c2ccccc2)c1)N[C@@H]1CCCN(C(=O)c2ccc(CNC[C@H](O)c3ccc(O)c4[nH]c(=O)ccc34)cc2)C1. The molecule has 0 bridgehead atoms.